The predicted molar refractivity (Wildman–Crippen MR) is 64.9 cm³/mol. The summed E-state index contributed by atoms with van der Waals surface area (Å²) >= 11 is 0. The third-order valence-electron chi connectivity index (χ3n) is 3.36. The van der Waals surface area contributed by atoms with Crippen LogP contribution in [0, 0.1) is 0 Å². The molecule has 1 aliphatic heterocycles. The molecule has 1 aromatic heterocycles. The number of rotatable bonds is 2. The van der Waals surface area contributed by atoms with Gasteiger partial charge in [0.15, 0.2) is 5.96 Å². The van der Waals surface area contributed by atoms with E-state index >= 15 is 0 Å². The number of hydrogen-bond donors (Lipinski definition) is 2. The maximum absolute atomic E-state index is 5.37. The Morgan fingerprint density at radius 2 is 2.29 bits per heavy atom. The minimum atomic E-state index is 0.434. The molecule has 1 unspecified atom stereocenters. The van der Waals surface area contributed by atoms with Crippen LogP contribution in [0.25, 0.3) is 0 Å². The zero-order chi connectivity index (χ0) is 11.7. The van der Waals surface area contributed by atoms with E-state index in [1.54, 1.807) is 0 Å². The molecule has 0 saturated heterocycles. The van der Waals surface area contributed by atoms with Crippen LogP contribution in [0.4, 0.5) is 0 Å². The molecule has 2 N–H and O–H groups in total. The van der Waals surface area contributed by atoms with E-state index < -0.39 is 0 Å². The van der Waals surface area contributed by atoms with E-state index in [-0.39, 0.29) is 0 Å². The molecule has 0 saturated carbocycles. The van der Waals surface area contributed by atoms with Crippen molar-refractivity contribution in [3.63, 3.8) is 0 Å². The van der Waals surface area contributed by atoms with Crippen LogP contribution in [0.3, 0.4) is 0 Å². The highest BCUT2D eigenvalue weighted by molar-refractivity contribution is 5.81. The van der Waals surface area contributed by atoms with Gasteiger partial charge in [-0.05, 0) is 26.2 Å². The molecule has 3 rings (SSSR count). The van der Waals surface area contributed by atoms with Gasteiger partial charge in [0.2, 0.25) is 0 Å². The first-order valence-corrected chi connectivity index (χ1v) is 6.34. The summed E-state index contributed by atoms with van der Waals surface area (Å²) in [6.45, 7) is 3.67. The Labute approximate surface area is 101 Å². The van der Waals surface area contributed by atoms with Gasteiger partial charge >= 0.3 is 0 Å². The van der Waals surface area contributed by atoms with Crippen molar-refractivity contribution >= 4 is 5.96 Å². The molecule has 92 valence electrons. The van der Waals surface area contributed by atoms with E-state index in [1.807, 2.05) is 0 Å². The maximum Gasteiger partial charge on any atom is 0.191 e. The molecular formula is C12H18N4O. The fraction of sp³-hybridized carbons (Fsp3) is 0.667. The van der Waals surface area contributed by atoms with Gasteiger partial charge < -0.3 is 15.2 Å². The summed E-state index contributed by atoms with van der Waals surface area (Å²) < 4.78 is 5.37. The number of hydrogen-bond acceptors (Lipinski definition) is 5. The summed E-state index contributed by atoms with van der Waals surface area (Å²) in [7, 11) is 0. The number of nitrogens with one attached hydrogen (secondary N) is 2. The van der Waals surface area contributed by atoms with Crippen LogP contribution in [0.5, 0.6) is 0 Å². The lowest BCUT2D eigenvalue weighted by Gasteiger charge is -2.10. The molecule has 1 aliphatic carbocycles. The minimum Gasteiger partial charge on any atom is -0.361 e. The molecule has 17 heavy (non-hydrogen) atoms. The monoisotopic (exact) mass is 234 g/mol. The van der Waals surface area contributed by atoms with Gasteiger partial charge in [-0.2, -0.15) is 0 Å². The average molecular weight is 234 g/mol. The highest BCUT2D eigenvalue weighted by atomic mass is 16.5. The zero-order valence-electron chi connectivity index (χ0n) is 10.1. The number of aromatic nitrogens is 1. The van der Waals surface area contributed by atoms with Gasteiger partial charge in [-0.25, -0.2) is 0 Å². The van der Waals surface area contributed by atoms with Gasteiger partial charge in [0.25, 0.3) is 0 Å². The van der Waals surface area contributed by atoms with E-state index in [0.717, 1.165) is 36.8 Å². The SMILES string of the molecule is CC1CN=C(NCc2noc3c2CCCC3)N1. The second-order valence-corrected chi connectivity index (χ2v) is 4.83. The first-order valence-electron chi connectivity index (χ1n) is 6.34. The van der Waals surface area contributed by atoms with E-state index in [4.69, 9.17) is 4.52 Å². The summed E-state index contributed by atoms with van der Waals surface area (Å²) in [6, 6.07) is 0.434. The Kier molecular flexibility index (Phi) is 2.74. The van der Waals surface area contributed by atoms with E-state index in [9.17, 15) is 0 Å². The van der Waals surface area contributed by atoms with Crippen LogP contribution in [-0.2, 0) is 19.4 Å². The Morgan fingerprint density at radius 1 is 1.41 bits per heavy atom. The highest BCUT2D eigenvalue weighted by Gasteiger charge is 2.20. The number of aryl methyl sites for hydroxylation is 1. The van der Waals surface area contributed by atoms with Crippen molar-refractivity contribution in [2.45, 2.75) is 45.2 Å². The fourth-order valence-corrected chi connectivity index (χ4v) is 2.42. The average Bonchev–Trinajstić information content (AvgIpc) is 2.93. The molecule has 5 nitrogen and oxygen atoms in total. The van der Waals surface area contributed by atoms with Crippen molar-refractivity contribution in [3.8, 4) is 0 Å². The van der Waals surface area contributed by atoms with Crippen LogP contribution in [0.1, 0.15) is 36.8 Å². The molecule has 0 aromatic carbocycles. The minimum absolute atomic E-state index is 0.434. The molecule has 0 spiro atoms. The van der Waals surface area contributed by atoms with E-state index in [1.165, 1.54) is 18.4 Å². The lowest BCUT2D eigenvalue weighted by molar-refractivity contribution is 0.367. The molecule has 5 heteroatoms. The summed E-state index contributed by atoms with van der Waals surface area (Å²) in [5, 5.41) is 10.7. The first-order chi connectivity index (χ1) is 8.33. The summed E-state index contributed by atoms with van der Waals surface area (Å²) in [4.78, 5) is 4.36. The number of fused-ring (bicyclic) bond motifs is 1. The molecule has 1 atom stereocenters. The quantitative estimate of drug-likeness (QED) is 0.801. The van der Waals surface area contributed by atoms with Crippen LogP contribution < -0.4 is 10.6 Å². The van der Waals surface area contributed by atoms with E-state index in [2.05, 4.69) is 27.7 Å². The van der Waals surface area contributed by atoms with Gasteiger partial charge in [0, 0.05) is 18.0 Å². The Hall–Kier alpha value is -1.52. The molecule has 0 amide bonds. The Balaban J connectivity index is 1.63. The van der Waals surface area contributed by atoms with E-state index in [0.29, 0.717) is 12.6 Å². The summed E-state index contributed by atoms with van der Waals surface area (Å²) in [6.07, 6.45) is 4.61. The Morgan fingerprint density at radius 3 is 3.12 bits per heavy atom. The molecular weight excluding hydrogens is 216 g/mol. The number of aliphatic imine (C=N–C) groups is 1. The van der Waals surface area contributed by atoms with Crippen LogP contribution in [0.2, 0.25) is 0 Å². The van der Waals surface area contributed by atoms with Crippen LogP contribution in [-0.4, -0.2) is 23.7 Å². The predicted octanol–water partition coefficient (Wildman–Crippen LogP) is 0.991. The molecule has 0 bridgehead atoms. The van der Waals surface area contributed by atoms with Crippen LogP contribution in [0.15, 0.2) is 9.52 Å². The highest BCUT2D eigenvalue weighted by Crippen LogP contribution is 2.23. The first kappa shape index (κ1) is 10.6. The second-order valence-electron chi connectivity index (χ2n) is 4.83. The third-order valence-corrected chi connectivity index (χ3v) is 3.36. The lowest BCUT2D eigenvalue weighted by Crippen LogP contribution is -2.37. The van der Waals surface area contributed by atoms with Gasteiger partial charge in [-0.1, -0.05) is 5.16 Å². The van der Waals surface area contributed by atoms with Crippen molar-refractivity contribution in [1.29, 1.82) is 0 Å². The number of nitrogens with zero attached hydrogens (tertiary/aromatic N) is 2. The van der Waals surface area contributed by atoms with Gasteiger partial charge in [-0.3, -0.25) is 4.99 Å². The summed E-state index contributed by atoms with van der Waals surface area (Å²) in [5.41, 5.74) is 2.36. The van der Waals surface area contributed by atoms with Gasteiger partial charge in [-0.15, -0.1) is 0 Å². The molecule has 1 aromatic rings. The third kappa shape index (κ3) is 2.14. The lowest BCUT2D eigenvalue weighted by atomic mass is 9.96. The summed E-state index contributed by atoms with van der Waals surface area (Å²) in [5.74, 6) is 1.97. The van der Waals surface area contributed by atoms with Crippen molar-refractivity contribution in [2.75, 3.05) is 6.54 Å². The zero-order valence-corrected chi connectivity index (χ0v) is 10.1. The van der Waals surface area contributed by atoms with Gasteiger partial charge in [0.1, 0.15) is 11.5 Å². The number of guanidine groups is 1. The Bertz CT molecular complexity index is 438. The van der Waals surface area contributed by atoms with Crippen molar-refractivity contribution in [3.05, 3.63) is 17.0 Å². The molecule has 2 heterocycles. The largest absolute Gasteiger partial charge is 0.361 e. The smallest absolute Gasteiger partial charge is 0.191 e. The van der Waals surface area contributed by atoms with Crippen molar-refractivity contribution < 1.29 is 4.52 Å². The van der Waals surface area contributed by atoms with Gasteiger partial charge in [0.05, 0.1) is 13.1 Å². The molecule has 0 radical (unpaired) electrons. The molecule has 2 aliphatic rings. The standard InChI is InChI=1S/C12H18N4O/c1-8-6-13-12(15-8)14-7-10-9-4-2-3-5-11(9)17-16-10/h8H,2-7H2,1H3,(H2,13,14,15). The van der Waals surface area contributed by atoms with Crippen LogP contribution >= 0.6 is 0 Å². The normalized spacial score (nSPS) is 22.9. The van der Waals surface area contributed by atoms with Crippen molar-refractivity contribution in [1.82, 2.24) is 15.8 Å². The topological polar surface area (TPSA) is 62.5 Å². The fourth-order valence-electron chi connectivity index (χ4n) is 2.42. The second kappa shape index (κ2) is 4.39. The maximum atomic E-state index is 5.37. The van der Waals surface area contributed by atoms with Crippen molar-refractivity contribution in [2.24, 2.45) is 4.99 Å². The molecule has 0 fully saturated rings.